The van der Waals surface area contributed by atoms with Crippen LogP contribution in [0.1, 0.15) is 25.1 Å². The van der Waals surface area contributed by atoms with E-state index in [-0.39, 0.29) is 10.5 Å². The molecule has 1 aliphatic heterocycles. The van der Waals surface area contributed by atoms with Crippen LogP contribution in [0.2, 0.25) is 0 Å². The monoisotopic (exact) mass is 396 g/mol. The minimum Gasteiger partial charge on any atom is -0.394 e. The highest BCUT2D eigenvalue weighted by molar-refractivity contribution is 14.1. The van der Waals surface area contributed by atoms with Crippen LogP contribution in [-0.4, -0.2) is 42.5 Å². The average Bonchev–Trinajstić information content (AvgIpc) is 2.70. The van der Waals surface area contributed by atoms with Crippen LogP contribution in [0.4, 0.5) is 0 Å². The number of aromatic nitrogens is 2. The topological polar surface area (TPSA) is 105 Å². The highest BCUT2D eigenvalue weighted by Crippen LogP contribution is 2.33. The van der Waals surface area contributed by atoms with E-state index in [2.05, 4.69) is 4.98 Å². The molecule has 0 saturated carbocycles. The fourth-order valence-corrected chi connectivity index (χ4v) is 3.00. The number of rotatable bonds is 4. The number of hydrogen-bond donors (Lipinski definition) is 3. The maximum absolute atomic E-state index is 11.9. The van der Waals surface area contributed by atoms with Crippen molar-refractivity contribution in [3.63, 3.8) is 0 Å². The minimum absolute atomic E-state index is 0.235. The number of alkyl halides is 1. The molecule has 1 saturated heterocycles. The van der Waals surface area contributed by atoms with Gasteiger partial charge in [0.1, 0.15) is 6.10 Å². The lowest BCUT2D eigenvalue weighted by Gasteiger charge is -2.18. The van der Waals surface area contributed by atoms with Gasteiger partial charge < -0.3 is 14.9 Å². The summed E-state index contributed by atoms with van der Waals surface area (Å²) < 4.78 is 6.38. The number of aliphatic hydroxyl groups is 2. The third-order valence-electron chi connectivity index (χ3n) is 3.30. The molecular weight excluding hydrogens is 379 g/mol. The predicted octanol–water partition coefficient (Wildman–Crippen LogP) is -0.457. The molecule has 0 aromatic carbocycles. The van der Waals surface area contributed by atoms with Crippen molar-refractivity contribution in [3.8, 4) is 0 Å². The van der Waals surface area contributed by atoms with Crippen LogP contribution < -0.4 is 11.2 Å². The summed E-state index contributed by atoms with van der Waals surface area (Å²) in [5.41, 5.74) is -0.563. The average molecular weight is 396 g/mol. The predicted molar refractivity (Wildman–Crippen MR) is 80.1 cm³/mol. The van der Waals surface area contributed by atoms with Crippen LogP contribution in [-0.2, 0) is 11.2 Å². The maximum Gasteiger partial charge on any atom is 0.330 e. The molecule has 0 amide bonds. The molecule has 0 spiro atoms. The van der Waals surface area contributed by atoms with Crippen LogP contribution >= 0.6 is 22.6 Å². The van der Waals surface area contributed by atoms with Gasteiger partial charge in [0.15, 0.2) is 6.23 Å². The largest absolute Gasteiger partial charge is 0.394 e. The van der Waals surface area contributed by atoms with E-state index < -0.39 is 29.7 Å². The van der Waals surface area contributed by atoms with E-state index >= 15 is 0 Å². The molecule has 7 nitrogen and oxygen atoms in total. The Balaban J connectivity index is 2.40. The van der Waals surface area contributed by atoms with Crippen molar-refractivity contribution in [2.24, 2.45) is 0 Å². The molecule has 3 N–H and O–H groups in total. The standard InChI is InChI=1S/C12H17IN2O5/c1-2-3-6-4-15(12(19)14-10(6)18)11-9(17)8(13)7(5-16)20-11/h4,7-9,11,16-17H,2-3,5H2,1H3,(H,14,18,19)/t7-,8?,9-,11-/m1/s1. The Morgan fingerprint density at radius 1 is 1.50 bits per heavy atom. The van der Waals surface area contributed by atoms with Gasteiger partial charge in [0.2, 0.25) is 0 Å². The van der Waals surface area contributed by atoms with E-state index in [0.717, 1.165) is 6.42 Å². The van der Waals surface area contributed by atoms with Crippen molar-refractivity contribution in [2.45, 2.75) is 42.1 Å². The van der Waals surface area contributed by atoms with Gasteiger partial charge in [-0.1, -0.05) is 35.9 Å². The summed E-state index contributed by atoms with van der Waals surface area (Å²) in [4.78, 5) is 25.8. The normalized spacial score (nSPS) is 29.8. The number of hydrogen-bond acceptors (Lipinski definition) is 5. The molecule has 0 bridgehead atoms. The van der Waals surface area contributed by atoms with Gasteiger partial charge in [0.05, 0.1) is 16.6 Å². The van der Waals surface area contributed by atoms with E-state index in [4.69, 9.17) is 4.74 Å². The Labute approximate surface area is 128 Å². The van der Waals surface area contributed by atoms with Crippen molar-refractivity contribution in [1.29, 1.82) is 0 Å². The third-order valence-corrected chi connectivity index (χ3v) is 4.84. The summed E-state index contributed by atoms with van der Waals surface area (Å²) in [6.45, 7) is 1.69. The second-order valence-electron chi connectivity index (χ2n) is 4.75. The molecule has 112 valence electrons. The molecule has 2 rings (SSSR count). The molecule has 4 atom stereocenters. The number of nitrogens with zero attached hydrogens (tertiary/aromatic N) is 1. The van der Waals surface area contributed by atoms with Crippen LogP contribution in [0.15, 0.2) is 15.8 Å². The van der Waals surface area contributed by atoms with Crippen LogP contribution in [0.5, 0.6) is 0 Å². The van der Waals surface area contributed by atoms with Crippen molar-refractivity contribution in [1.82, 2.24) is 9.55 Å². The Kier molecular flexibility index (Phi) is 4.99. The molecule has 2 heterocycles. The first-order valence-corrected chi connectivity index (χ1v) is 7.67. The zero-order valence-electron chi connectivity index (χ0n) is 11.0. The lowest BCUT2D eigenvalue weighted by molar-refractivity contribution is -0.0531. The first-order chi connectivity index (χ1) is 9.49. The van der Waals surface area contributed by atoms with Gasteiger partial charge >= 0.3 is 5.69 Å². The number of halogens is 1. The zero-order chi connectivity index (χ0) is 14.9. The second-order valence-corrected chi connectivity index (χ2v) is 6.19. The zero-order valence-corrected chi connectivity index (χ0v) is 13.1. The number of ether oxygens (including phenoxy) is 1. The van der Waals surface area contributed by atoms with Crippen molar-refractivity contribution < 1.29 is 14.9 Å². The van der Waals surface area contributed by atoms with Crippen LogP contribution in [0.3, 0.4) is 0 Å². The summed E-state index contributed by atoms with van der Waals surface area (Å²) in [6.07, 6.45) is 0.379. The van der Waals surface area contributed by atoms with Gasteiger partial charge in [-0.2, -0.15) is 0 Å². The fraction of sp³-hybridized carbons (Fsp3) is 0.667. The smallest absolute Gasteiger partial charge is 0.330 e. The van der Waals surface area contributed by atoms with Gasteiger partial charge in [-0.25, -0.2) is 4.79 Å². The first kappa shape index (κ1) is 15.7. The minimum atomic E-state index is -0.925. The Hall–Kier alpha value is -0.710. The molecule has 1 fully saturated rings. The van der Waals surface area contributed by atoms with Crippen LogP contribution in [0.25, 0.3) is 0 Å². The number of nitrogens with one attached hydrogen (secondary N) is 1. The molecule has 0 aliphatic carbocycles. The van der Waals surface area contributed by atoms with Gasteiger partial charge in [-0.15, -0.1) is 0 Å². The Morgan fingerprint density at radius 2 is 2.20 bits per heavy atom. The molecular formula is C12H17IN2O5. The number of aromatic amines is 1. The maximum atomic E-state index is 11.9. The number of aryl methyl sites for hydroxylation is 1. The quantitative estimate of drug-likeness (QED) is 0.472. The lowest BCUT2D eigenvalue weighted by Crippen LogP contribution is -2.37. The van der Waals surface area contributed by atoms with Crippen LogP contribution in [0, 0.1) is 0 Å². The molecule has 8 heteroatoms. The van der Waals surface area contributed by atoms with Crippen molar-refractivity contribution in [2.75, 3.05) is 6.61 Å². The summed E-state index contributed by atoms with van der Waals surface area (Å²) >= 11 is 1.98. The van der Waals surface area contributed by atoms with E-state index in [1.807, 2.05) is 29.5 Å². The van der Waals surface area contributed by atoms with E-state index in [0.29, 0.717) is 12.0 Å². The highest BCUT2D eigenvalue weighted by Gasteiger charge is 2.43. The summed E-state index contributed by atoms with van der Waals surface area (Å²) in [5, 5.41) is 19.3. The molecule has 1 aromatic rings. The van der Waals surface area contributed by atoms with Crippen molar-refractivity contribution in [3.05, 3.63) is 32.6 Å². The van der Waals surface area contributed by atoms with E-state index in [9.17, 15) is 19.8 Å². The number of H-pyrrole nitrogens is 1. The lowest BCUT2D eigenvalue weighted by atomic mass is 10.2. The van der Waals surface area contributed by atoms with Gasteiger partial charge in [-0.05, 0) is 6.42 Å². The third kappa shape index (κ3) is 2.83. The second kappa shape index (κ2) is 6.37. The van der Waals surface area contributed by atoms with Gasteiger partial charge in [0.25, 0.3) is 5.56 Å². The van der Waals surface area contributed by atoms with Gasteiger partial charge in [0, 0.05) is 11.8 Å². The first-order valence-electron chi connectivity index (χ1n) is 6.42. The SMILES string of the molecule is CCCc1cn([C@@H]2O[C@H](CO)C(I)[C@H]2O)c(=O)[nH]c1=O. The molecule has 1 aliphatic rings. The summed E-state index contributed by atoms with van der Waals surface area (Å²) in [6, 6.07) is 0. The highest BCUT2D eigenvalue weighted by atomic mass is 127. The summed E-state index contributed by atoms with van der Waals surface area (Å²) in [5.74, 6) is 0. The molecule has 1 unspecified atom stereocenters. The molecule has 1 aromatic heterocycles. The summed E-state index contributed by atoms with van der Waals surface area (Å²) in [7, 11) is 0. The Bertz CT molecular complexity index is 584. The van der Waals surface area contributed by atoms with Gasteiger partial charge in [-0.3, -0.25) is 14.3 Å². The number of aliphatic hydroxyl groups excluding tert-OH is 2. The van der Waals surface area contributed by atoms with E-state index in [1.54, 1.807) is 0 Å². The van der Waals surface area contributed by atoms with E-state index in [1.165, 1.54) is 10.8 Å². The molecule has 20 heavy (non-hydrogen) atoms. The fourth-order valence-electron chi connectivity index (χ4n) is 2.25. The van der Waals surface area contributed by atoms with Crippen molar-refractivity contribution >= 4 is 22.6 Å². The Morgan fingerprint density at radius 3 is 2.75 bits per heavy atom. The molecule has 0 radical (unpaired) electrons.